The molecule has 0 unspecified atom stereocenters. The largest absolute Gasteiger partial charge is 0.454 e. The van der Waals surface area contributed by atoms with E-state index in [1.807, 2.05) is 25.1 Å². The molecule has 0 bridgehead atoms. The lowest BCUT2D eigenvalue weighted by molar-refractivity contribution is -0.136. The van der Waals surface area contributed by atoms with Gasteiger partial charge in [-0.3, -0.25) is 9.59 Å². The van der Waals surface area contributed by atoms with Crippen LogP contribution in [0, 0.1) is 5.92 Å². The number of rotatable bonds is 3. The summed E-state index contributed by atoms with van der Waals surface area (Å²) in [5.74, 6) is 0.824. The van der Waals surface area contributed by atoms with Gasteiger partial charge in [-0.1, -0.05) is 6.07 Å². The number of primary amides is 1. The highest BCUT2D eigenvalue weighted by molar-refractivity contribution is 5.82. The maximum Gasteiger partial charge on any atom is 0.231 e. The van der Waals surface area contributed by atoms with E-state index in [0.717, 1.165) is 18.4 Å². The molecule has 2 aliphatic rings. The topological polar surface area (TPSA) is 81.9 Å². The van der Waals surface area contributed by atoms with Crippen molar-refractivity contribution in [1.82, 2.24) is 4.90 Å². The number of nitrogens with two attached hydrogens (primary N) is 1. The van der Waals surface area contributed by atoms with Crippen molar-refractivity contribution in [2.75, 3.05) is 13.3 Å². The molecule has 6 heteroatoms. The number of ether oxygens (including phenoxy) is 2. The maximum atomic E-state index is 12.5. The van der Waals surface area contributed by atoms with Gasteiger partial charge in [0.2, 0.25) is 18.6 Å². The van der Waals surface area contributed by atoms with E-state index in [9.17, 15) is 9.59 Å². The molecule has 2 amide bonds. The van der Waals surface area contributed by atoms with Crippen LogP contribution in [0.25, 0.3) is 0 Å². The first kappa shape index (κ1) is 14.7. The van der Waals surface area contributed by atoms with Crippen LogP contribution < -0.4 is 15.2 Å². The predicted octanol–water partition coefficient (Wildman–Crippen LogP) is 1.07. The van der Waals surface area contributed by atoms with Crippen molar-refractivity contribution in [3.8, 4) is 11.5 Å². The Labute approximate surface area is 129 Å². The van der Waals surface area contributed by atoms with Gasteiger partial charge in [0.1, 0.15) is 0 Å². The van der Waals surface area contributed by atoms with E-state index in [2.05, 4.69) is 0 Å². The number of nitrogens with zero attached hydrogens (tertiary/aromatic N) is 1. The maximum absolute atomic E-state index is 12.5. The first-order valence-electron chi connectivity index (χ1n) is 7.52. The highest BCUT2D eigenvalue weighted by Crippen LogP contribution is 2.33. The highest BCUT2D eigenvalue weighted by atomic mass is 16.7. The van der Waals surface area contributed by atoms with E-state index in [0.29, 0.717) is 18.0 Å². The van der Waals surface area contributed by atoms with Gasteiger partial charge >= 0.3 is 0 Å². The normalized spacial score (nSPS) is 23.4. The van der Waals surface area contributed by atoms with E-state index in [1.54, 1.807) is 4.90 Å². The molecule has 0 saturated carbocycles. The van der Waals surface area contributed by atoms with Gasteiger partial charge < -0.3 is 20.1 Å². The summed E-state index contributed by atoms with van der Waals surface area (Å²) in [5.41, 5.74) is 6.26. The number of benzene rings is 1. The zero-order valence-corrected chi connectivity index (χ0v) is 12.6. The van der Waals surface area contributed by atoms with Crippen molar-refractivity contribution >= 4 is 11.8 Å². The van der Waals surface area contributed by atoms with Crippen molar-refractivity contribution in [1.29, 1.82) is 0 Å². The highest BCUT2D eigenvalue weighted by Gasteiger charge is 2.31. The number of hydrogen-bond donors (Lipinski definition) is 1. The number of carbonyl (C=O) groups is 2. The fourth-order valence-electron chi connectivity index (χ4n) is 3.01. The van der Waals surface area contributed by atoms with Gasteiger partial charge in [-0.2, -0.15) is 0 Å². The number of fused-ring (bicyclic) bond motifs is 1. The first-order chi connectivity index (χ1) is 10.5. The van der Waals surface area contributed by atoms with Gasteiger partial charge in [-0.15, -0.1) is 0 Å². The second kappa shape index (κ2) is 5.87. The molecule has 1 saturated heterocycles. The summed E-state index contributed by atoms with van der Waals surface area (Å²) < 4.78 is 10.6. The minimum Gasteiger partial charge on any atom is -0.454 e. The Morgan fingerprint density at radius 2 is 2.05 bits per heavy atom. The van der Waals surface area contributed by atoms with Crippen LogP contribution in [0.4, 0.5) is 0 Å². The molecule has 2 N–H and O–H groups in total. The van der Waals surface area contributed by atoms with Gasteiger partial charge in [-0.25, -0.2) is 0 Å². The average Bonchev–Trinajstić information content (AvgIpc) is 2.94. The summed E-state index contributed by atoms with van der Waals surface area (Å²) in [6.07, 6.45) is 1.84. The van der Waals surface area contributed by atoms with Crippen molar-refractivity contribution in [2.24, 2.45) is 11.7 Å². The van der Waals surface area contributed by atoms with E-state index in [4.69, 9.17) is 15.2 Å². The molecule has 0 aliphatic carbocycles. The fraction of sp³-hybridized carbons (Fsp3) is 0.500. The van der Waals surface area contributed by atoms with Crippen molar-refractivity contribution in [3.05, 3.63) is 23.8 Å². The Morgan fingerprint density at radius 1 is 1.27 bits per heavy atom. The van der Waals surface area contributed by atoms with Crippen molar-refractivity contribution in [2.45, 2.75) is 32.2 Å². The molecule has 2 heterocycles. The monoisotopic (exact) mass is 304 g/mol. The third-order valence-electron chi connectivity index (χ3n) is 4.40. The molecule has 0 spiro atoms. The van der Waals surface area contributed by atoms with E-state index in [-0.39, 0.29) is 37.0 Å². The lowest BCUT2D eigenvalue weighted by atomic mass is 9.92. The Hall–Kier alpha value is -2.24. The Balaban J connectivity index is 1.69. The van der Waals surface area contributed by atoms with Crippen LogP contribution >= 0.6 is 0 Å². The Morgan fingerprint density at radius 3 is 2.82 bits per heavy atom. The minimum absolute atomic E-state index is 0.0114. The summed E-state index contributed by atoms with van der Waals surface area (Å²) in [6, 6.07) is 5.65. The lowest BCUT2D eigenvalue weighted by Gasteiger charge is -2.37. The van der Waals surface area contributed by atoms with Gasteiger partial charge in [0.05, 0.1) is 12.3 Å². The molecule has 0 radical (unpaired) electrons. The molecular formula is C16H20N2O4. The quantitative estimate of drug-likeness (QED) is 0.905. The molecule has 2 atom stereocenters. The molecular weight excluding hydrogens is 284 g/mol. The second-order valence-electron chi connectivity index (χ2n) is 5.94. The first-order valence-corrected chi connectivity index (χ1v) is 7.52. The number of piperidine rings is 1. The van der Waals surface area contributed by atoms with Crippen molar-refractivity contribution < 1.29 is 19.1 Å². The van der Waals surface area contributed by atoms with Crippen molar-refractivity contribution in [3.63, 3.8) is 0 Å². The molecule has 6 nitrogen and oxygen atoms in total. The summed E-state index contributed by atoms with van der Waals surface area (Å²) in [6.45, 7) is 2.64. The van der Waals surface area contributed by atoms with Crippen LogP contribution in [-0.2, 0) is 16.0 Å². The third-order valence-corrected chi connectivity index (χ3v) is 4.40. The number of carbonyl (C=O) groups excluding carboxylic acids is 2. The molecule has 22 heavy (non-hydrogen) atoms. The Kier molecular flexibility index (Phi) is 3.92. The standard InChI is InChI=1S/C16H20N2O4/c1-10-2-4-12(16(17)20)8-18(10)15(19)7-11-3-5-13-14(6-11)22-9-21-13/h3,5-6,10,12H,2,4,7-9H2,1H3,(H2,17,20)/t10-,12+/m0/s1. The average molecular weight is 304 g/mol. The SMILES string of the molecule is C[C@H]1CC[C@@H](C(N)=O)CN1C(=O)Cc1ccc2c(c1)OCO2. The predicted molar refractivity (Wildman–Crippen MR) is 79.4 cm³/mol. The minimum atomic E-state index is -0.326. The molecule has 3 rings (SSSR count). The lowest BCUT2D eigenvalue weighted by Crippen LogP contribution is -2.49. The molecule has 1 aromatic carbocycles. The number of likely N-dealkylation sites (tertiary alicyclic amines) is 1. The summed E-state index contributed by atoms with van der Waals surface area (Å²) in [4.78, 5) is 25.7. The van der Waals surface area contributed by atoms with Crippen LogP contribution in [0.5, 0.6) is 11.5 Å². The van der Waals surface area contributed by atoms with E-state index in [1.165, 1.54) is 0 Å². The molecule has 2 aliphatic heterocycles. The van der Waals surface area contributed by atoms with Crippen LogP contribution in [0.3, 0.4) is 0 Å². The van der Waals surface area contributed by atoms with Gasteiger partial charge in [0.15, 0.2) is 11.5 Å². The molecule has 1 fully saturated rings. The zero-order valence-electron chi connectivity index (χ0n) is 12.6. The van der Waals surface area contributed by atoms with Crippen LogP contribution in [-0.4, -0.2) is 36.1 Å². The van der Waals surface area contributed by atoms with Gasteiger partial charge in [-0.05, 0) is 37.5 Å². The Bertz CT molecular complexity index is 602. The summed E-state index contributed by atoms with van der Waals surface area (Å²) in [5, 5.41) is 0. The van der Waals surface area contributed by atoms with Gasteiger partial charge in [0.25, 0.3) is 0 Å². The second-order valence-corrected chi connectivity index (χ2v) is 5.94. The third kappa shape index (κ3) is 2.86. The zero-order chi connectivity index (χ0) is 15.7. The van der Waals surface area contributed by atoms with E-state index >= 15 is 0 Å². The van der Waals surface area contributed by atoms with E-state index < -0.39 is 0 Å². The fourth-order valence-corrected chi connectivity index (χ4v) is 3.01. The summed E-state index contributed by atoms with van der Waals surface area (Å²) in [7, 11) is 0. The smallest absolute Gasteiger partial charge is 0.231 e. The van der Waals surface area contributed by atoms with Crippen LogP contribution in [0.1, 0.15) is 25.3 Å². The summed E-state index contributed by atoms with van der Waals surface area (Å²) >= 11 is 0. The van der Waals surface area contributed by atoms with Crippen LogP contribution in [0.15, 0.2) is 18.2 Å². The number of amides is 2. The molecule has 118 valence electrons. The molecule has 1 aromatic rings. The number of hydrogen-bond acceptors (Lipinski definition) is 4. The van der Waals surface area contributed by atoms with Crippen LogP contribution in [0.2, 0.25) is 0 Å². The molecule has 0 aromatic heterocycles. The van der Waals surface area contributed by atoms with Gasteiger partial charge in [0, 0.05) is 12.6 Å².